The summed E-state index contributed by atoms with van der Waals surface area (Å²) in [5, 5.41) is 3.17. The van der Waals surface area contributed by atoms with E-state index in [-0.39, 0.29) is 0 Å². The highest BCUT2D eigenvalue weighted by Gasteiger charge is 2.06. The monoisotopic (exact) mass is 356 g/mol. The summed E-state index contributed by atoms with van der Waals surface area (Å²) in [6.07, 6.45) is 5.21. The fourth-order valence-electron chi connectivity index (χ4n) is 1.33. The maximum absolute atomic E-state index is 4.44. The van der Waals surface area contributed by atoms with Crippen molar-refractivity contribution < 1.29 is 0 Å². The molecule has 0 saturated carbocycles. The molecule has 0 bridgehead atoms. The van der Waals surface area contributed by atoms with Gasteiger partial charge in [-0.15, -0.1) is 0 Å². The second kappa shape index (κ2) is 5.55. The molecular formula is C11H10Br2N4. The number of nitrogens with one attached hydrogen (secondary N) is 1. The second-order valence-electron chi connectivity index (χ2n) is 3.31. The molecule has 0 fully saturated rings. The van der Waals surface area contributed by atoms with Crippen molar-refractivity contribution in [3.8, 4) is 11.4 Å². The molecule has 0 saturated heterocycles. The highest BCUT2D eigenvalue weighted by molar-refractivity contribution is 9.10. The zero-order chi connectivity index (χ0) is 12.3. The van der Waals surface area contributed by atoms with Crippen LogP contribution in [0.2, 0.25) is 0 Å². The van der Waals surface area contributed by atoms with Crippen LogP contribution in [0.4, 0.5) is 5.82 Å². The Labute approximate surface area is 116 Å². The van der Waals surface area contributed by atoms with Crippen molar-refractivity contribution in [2.45, 2.75) is 6.92 Å². The summed E-state index contributed by atoms with van der Waals surface area (Å²) in [4.78, 5) is 12.8. The average molecular weight is 358 g/mol. The first kappa shape index (κ1) is 12.4. The molecule has 0 radical (unpaired) electrons. The van der Waals surface area contributed by atoms with Gasteiger partial charge in [0.2, 0.25) is 0 Å². The Morgan fingerprint density at radius 2 is 2.06 bits per heavy atom. The number of aromatic nitrogens is 3. The van der Waals surface area contributed by atoms with Gasteiger partial charge in [0.05, 0.1) is 4.47 Å². The first-order valence-corrected chi connectivity index (χ1v) is 6.66. The zero-order valence-electron chi connectivity index (χ0n) is 9.11. The minimum Gasteiger partial charge on any atom is -0.369 e. The minimum atomic E-state index is 0.651. The standard InChI is InChI=1S/C11H10Br2N4/c1-2-15-11-9(13)6-16-10(17-11)7-3-8(12)5-14-4-7/h3-6H,2H2,1H3,(H,15,16,17). The van der Waals surface area contributed by atoms with Crippen molar-refractivity contribution in [1.82, 2.24) is 15.0 Å². The molecule has 0 atom stereocenters. The lowest BCUT2D eigenvalue weighted by Gasteiger charge is -2.07. The second-order valence-corrected chi connectivity index (χ2v) is 5.08. The smallest absolute Gasteiger partial charge is 0.163 e. The third-order valence-electron chi connectivity index (χ3n) is 2.05. The third-order valence-corrected chi connectivity index (χ3v) is 3.07. The van der Waals surface area contributed by atoms with Gasteiger partial charge >= 0.3 is 0 Å². The summed E-state index contributed by atoms with van der Waals surface area (Å²) < 4.78 is 1.76. The summed E-state index contributed by atoms with van der Waals surface area (Å²) in [6, 6.07) is 1.94. The molecule has 0 unspecified atom stereocenters. The van der Waals surface area contributed by atoms with Gasteiger partial charge in [0.1, 0.15) is 5.82 Å². The van der Waals surface area contributed by atoms with Crippen molar-refractivity contribution in [3.05, 3.63) is 33.6 Å². The highest BCUT2D eigenvalue weighted by atomic mass is 79.9. The topological polar surface area (TPSA) is 50.7 Å². The van der Waals surface area contributed by atoms with Crippen LogP contribution < -0.4 is 5.32 Å². The van der Waals surface area contributed by atoms with Gasteiger partial charge in [-0.05, 0) is 44.8 Å². The number of pyridine rings is 1. The van der Waals surface area contributed by atoms with Crippen LogP contribution in [0.3, 0.4) is 0 Å². The van der Waals surface area contributed by atoms with Crippen LogP contribution in [0.5, 0.6) is 0 Å². The highest BCUT2D eigenvalue weighted by Crippen LogP contribution is 2.24. The molecule has 0 spiro atoms. The average Bonchev–Trinajstić information content (AvgIpc) is 2.32. The third kappa shape index (κ3) is 3.01. The Bertz CT molecular complexity index is 531. The number of hydrogen-bond donors (Lipinski definition) is 1. The Morgan fingerprint density at radius 3 is 2.76 bits per heavy atom. The van der Waals surface area contributed by atoms with Crippen LogP contribution in [0, 0.1) is 0 Å². The van der Waals surface area contributed by atoms with Crippen molar-refractivity contribution in [2.75, 3.05) is 11.9 Å². The van der Waals surface area contributed by atoms with Crippen molar-refractivity contribution in [2.24, 2.45) is 0 Å². The van der Waals surface area contributed by atoms with Crippen molar-refractivity contribution in [1.29, 1.82) is 0 Å². The van der Waals surface area contributed by atoms with E-state index >= 15 is 0 Å². The quantitative estimate of drug-likeness (QED) is 0.913. The largest absolute Gasteiger partial charge is 0.369 e. The van der Waals surface area contributed by atoms with Crippen LogP contribution in [0.25, 0.3) is 11.4 Å². The Morgan fingerprint density at radius 1 is 1.24 bits per heavy atom. The summed E-state index contributed by atoms with van der Waals surface area (Å²) in [5.41, 5.74) is 0.881. The van der Waals surface area contributed by atoms with E-state index in [2.05, 4.69) is 52.1 Å². The molecular weight excluding hydrogens is 348 g/mol. The Balaban J connectivity index is 2.42. The molecule has 0 aliphatic carbocycles. The molecule has 2 aromatic heterocycles. The summed E-state index contributed by atoms with van der Waals surface area (Å²) in [5.74, 6) is 1.44. The normalized spacial score (nSPS) is 10.3. The molecule has 88 valence electrons. The summed E-state index contributed by atoms with van der Waals surface area (Å²) in [7, 11) is 0. The van der Waals surface area contributed by atoms with E-state index < -0.39 is 0 Å². The predicted octanol–water partition coefficient (Wildman–Crippen LogP) is 3.50. The van der Waals surface area contributed by atoms with Gasteiger partial charge in [0.15, 0.2) is 5.82 Å². The maximum atomic E-state index is 4.44. The van der Waals surface area contributed by atoms with Crippen LogP contribution in [-0.4, -0.2) is 21.5 Å². The lowest BCUT2D eigenvalue weighted by atomic mass is 10.3. The molecule has 2 heterocycles. The van der Waals surface area contributed by atoms with E-state index in [4.69, 9.17) is 0 Å². The molecule has 2 aromatic rings. The predicted molar refractivity (Wildman–Crippen MR) is 74.8 cm³/mol. The number of anilines is 1. The van der Waals surface area contributed by atoms with Crippen LogP contribution in [0.1, 0.15) is 6.92 Å². The number of halogens is 2. The molecule has 17 heavy (non-hydrogen) atoms. The molecule has 2 rings (SSSR count). The first-order valence-electron chi connectivity index (χ1n) is 5.08. The summed E-state index contributed by atoms with van der Waals surface area (Å²) in [6.45, 7) is 2.83. The molecule has 0 aromatic carbocycles. The fraction of sp³-hybridized carbons (Fsp3) is 0.182. The first-order chi connectivity index (χ1) is 8.20. The van der Waals surface area contributed by atoms with Gasteiger partial charge < -0.3 is 5.32 Å². The SMILES string of the molecule is CCNc1nc(-c2cncc(Br)c2)ncc1Br. The summed E-state index contributed by atoms with van der Waals surface area (Å²) >= 11 is 6.79. The maximum Gasteiger partial charge on any atom is 0.163 e. The van der Waals surface area contributed by atoms with E-state index in [9.17, 15) is 0 Å². The molecule has 6 heteroatoms. The van der Waals surface area contributed by atoms with E-state index in [1.165, 1.54) is 0 Å². The number of hydrogen-bond acceptors (Lipinski definition) is 4. The Kier molecular flexibility index (Phi) is 4.06. The van der Waals surface area contributed by atoms with E-state index in [0.717, 1.165) is 26.9 Å². The fourth-order valence-corrected chi connectivity index (χ4v) is 2.03. The van der Waals surface area contributed by atoms with Gasteiger partial charge in [-0.3, -0.25) is 4.98 Å². The number of nitrogens with zero attached hydrogens (tertiary/aromatic N) is 3. The molecule has 4 nitrogen and oxygen atoms in total. The van der Waals surface area contributed by atoms with Crippen molar-refractivity contribution in [3.63, 3.8) is 0 Å². The van der Waals surface area contributed by atoms with Gasteiger partial charge in [-0.25, -0.2) is 9.97 Å². The van der Waals surface area contributed by atoms with Crippen LogP contribution in [0.15, 0.2) is 33.6 Å². The van der Waals surface area contributed by atoms with E-state index in [1.807, 2.05) is 13.0 Å². The molecule has 1 N–H and O–H groups in total. The van der Waals surface area contributed by atoms with Gasteiger partial charge in [-0.1, -0.05) is 0 Å². The minimum absolute atomic E-state index is 0.651. The molecule has 0 amide bonds. The van der Waals surface area contributed by atoms with E-state index in [0.29, 0.717) is 5.82 Å². The molecule has 0 aliphatic rings. The zero-order valence-corrected chi connectivity index (χ0v) is 12.3. The Hall–Kier alpha value is -1.01. The van der Waals surface area contributed by atoms with Gasteiger partial charge in [-0.2, -0.15) is 0 Å². The molecule has 0 aliphatic heterocycles. The van der Waals surface area contributed by atoms with Crippen LogP contribution >= 0.6 is 31.9 Å². The lowest BCUT2D eigenvalue weighted by Crippen LogP contribution is -2.02. The van der Waals surface area contributed by atoms with Crippen molar-refractivity contribution >= 4 is 37.7 Å². The van der Waals surface area contributed by atoms with Gasteiger partial charge in [0.25, 0.3) is 0 Å². The van der Waals surface area contributed by atoms with Gasteiger partial charge in [0, 0.05) is 35.2 Å². The number of rotatable bonds is 3. The van der Waals surface area contributed by atoms with E-state index in [1.54, 1.807) is 18.6 Å². The van der Waals surface area contributed by atoms with Crippen LogP contribution in [-0.2, 0) is 0 Å². The lowest BCUT2D eigenvalue weighted by molar-refractivity contribution is 1.10.